The number of benzene rings is 1. The maximum atomic E-state index is 11.4. The summed E-state index contributed by atoms with van der Waals surface area (Å²) < 4.78 is 0. The van der Waals surface area contributed by atoms with Crippen molar-refractivity contribution in [2.45, 2.75) is 0 Å². The van der Waals surface area contributed by atoms with Gasteiger partial charge in [-0.2, -0.15) is 0 Å². The maximum absolute atomic E-state index is 11.4. The van der Waals surface area contributed by atoms with Crippen LogP contribution in [-0.2, 0) is 0 Å². The summed E-state index contributed by atoms with van der Waals surface area (Å²) in [5, 5.41) is 3.62. The Kier molecular flexibility index (Phi) is 2.41. The molecule has 0 saturated heterocycles. The van der Waals surface area contributed by atoms with Crippen LogP contribution >= 0.6 is 0 Å². The molecule has 3 nitrogen and oxygen atoms in total. The van der Waals surface area contributed by atoms with Gasteiger partial charge < -0.3 is 5.32 Å². The lowest BCUT2D eigenvalue weighted by Crippen LogP contribution is -2.20. The largest absolute Gasteiger partial charge is 0.354 e. The highest BCUT2D eigenvalue weighted by molar-refractivity contribution is 6.38. The fraction of sp³-hybridized carbons (Fsp3) is 0.0909. The van der Waals surface area contributed by atoms with Crippen molar-refractivity contribution in [2.75, 3.05) is 7.05 Å². The van der Waals surface area contributed by atoms with Crippen molar-refractivity contribution >= 4 is 30.1 Å². The van der Waals surface area contributed by atoms with Gasteiger partial charge in [-0.05, 0) is 11.5 Å². The summed E-state index contributed by atoms with van der Waals surface area (Å²) in [6.45, 7) is 0. The monoisotopic (exact) mass is 198 g/mol. The molecule has 2 rings (SSSR count). The number of hydrogen-bond acceptors (Lipinski definition) is 2. The van der Waals surface area contributed by atoms with Gasteiger partial charge in [-0.25, -0.2) is 4.98 Å². The van der Waals surface area contributed by atoms with Gasteiger partial charge in [0.1, 0.15) is 13.5 Å². The molecule has 2 aromatic rings. The van der Waals surface area contributed by atoms with Gasteiger partial charge in [-0.3, -0.25) is 4.79 Å². The molecule has 15 heavy (non-hydrogen) atoms. The van der Waals surface area contributed by atoms with Gasteiger partial charge in [0.2, 0.25) is 0 Å². The number of amides is 1. The van der Waals surface area contributed by atoms with E-state index in [0.29, 0.717) is 5.69 Å². The Morgan fingerprint density at radius 3 is 2.87 bits per heavy atom. The number of aromatic nitrogens is 1. The zero-order chi connectivity index (χ0) is 10.8. The number of hydrogen-bond donors (Lipinski definition) is 1. The normalized spacial score (nSPS) is 10.2. The smallest absolute Gasteiger partial charge is 0.269 e. The van der Waals surface area contributed by atoms with E-state index in [2.05, 4.69) is 10.3 Å². The van der Waals surface area contributed by atoms with Crippen molar-refractivity contribution in [1.29, 1.82) is 0 Å². The lowest BCUT2D eigenvalue weighted by molar-refractivity contribution is 0.0958. The fourth-order valence-electron chi connectivity index (χ4n) is 1.55. The summed E-state index contributed by atoms with van der Waals surface area (Å²) in [6.07, 6.45) is 0. The minimum atomic E-state index is -0.153. The molecule has 0 spiro atoms. The number of fused-ring (bicyclic) bond motifs is 1. The molecule has 1 heterocycles. The Hall–Kier alpha value is -1.84. The van der Waals surface area contributed by atoms with Crippen LogP contribution in [0.3, 0.4) is 0 Å². The fourth-order valence-corrected chi connectivity index (χ4v) is 1.55. The van der Waals surface area contributed by atoms with Crippen LogP contribution in [0.1, 0.15) is 10.5 Å². The molecule has 4 heteroatoms. The predicted molar refractivity (Wildman–Crippen MR) is 63.3 cm³/mol. The molecule has 74 valence electrons. The molecule has 0 bridgehead atoms. The van der Waals surface area contributed by atoms with Gasteiger partial charge in [-0.1, -0.05) is 29.7 Å². The van der Waals surface area contributed by atoms with Crippen molar-refractivity contribution in [3.63, 3.8) is 0 Å². The van der Waals surface area contributed by atoms with Crippen LogP contribution in [0.4, 0.5) is 0 Å². The second-order valence-electron chi connectivity index (χ2n) is 3.42. The molecule has 0 aliphatic carbocycles. The van der Waals surface area contributed by atoms with Gasteiger partial charge in [0.05, 0.1) is 5.52 Å². The molecular formula is C11H11BN2O. The Balaban J connectivity index is 2.64. The van der Waals surface area contributed by atoms with Crippen LogP contribution in [0, 0.1) is 0 Å². The van der Waals surface area contributed by atoms with E-state index in [1.54, 1.807) is 13.1 Å². The molecule has 1 aromatic heterocycles. The first kappa shape index (κ1) is 9.71. The third-order valence-corrected chi connectivity index (χ3v) is 2.38. The third-order valence-electron chi connectivity index (χ3n) is 2.38. The van der Waals surface area contributed by atoms with Crippen molar-refractivity contribution < 1.29 is 4.79 Å². The molecule has 0 saturated carbocycles. The zero-order valence-electron chi connectivity index (χ0n) is 8.74. The van der Waals surface area contributed by atoms with Crippen LogP contribution in [0.2, 0.25) is 0 Å². The second-order valence-corrected chi connectivity index (χ2v) is 3.42. The molecule has 1 aromatic carbocycles. The molecular weight excluding hydrogens is 187 g/mol. The van der Waals surface area contributed by atoms with Crippen LogP contribution < -0.4 is 10.8 Å². The Morgan fingerprint density at radius 2 is 2.13 bits per heavy atom. The molecule has 0 fully saturated rings. The van der Waals surface area contributed by atoms with Crippen LogP contribution in [0.5, 0.6) is 0 Å². The Morgan fingerprint density at radius 1 is 1.33 bits per heavy atom. The van der Waals surface area contributed by atoms with Gasteiger partial charge in [0.15, 0.2) is 0 Å². The lowest BCUT2D eigenvalue weighted by atomic mass is 9.93. The van der Waals surface area contributed by atoms with Gasteiger partial charge in [0, 0.05) is 7.05 Å². The molecule has 0 atom stereocenters. The van der Waals surface area contributed by atoms with Crippen LogP contribution in [-0.4, -0.2) is 25.8 Å². The summed E-state index contributed by atoms with van der Waals surface area (Å²) in [6, 6.07) is 9.62. The van der Waals surface area contributed by atoms with E-state index in [1.807, 2.05) is 32.1 Å². The van der Waals surface area contributed by atoms with Crippen molar-refractivity contribution in [2.24, 2.45) is 0 Å². The average molecular weight is 198 g/mol. The first-order chi connectivity index (χ1) is 7.22. The van der Waals surface area contributed by atoms with Crippen LogP contribution in [0.15, 0.2) is 30.3 Å². The number of rotatable bonds is 1. The third kappa shape index (κ3) is 1.70. The topological polar surface area (TPSA) is 42.0 Å². The van der Waals surface area contributed by atoms with Gasteiger partial charge >= 0.3 is 0 Å². The number of nitrogens with zero attached hydrogens (tertiary/aromatic N) is 1. The quantitative estimate of drug-likeness (QED) is 0.647. The molecule has 1 N–H and O–H groups in total. The SMILES string of the molecule is Bc1cccc2ccc(C(=O)NC)nc12. The highest BCUT2D eigenvalue weighted by Crippen LogP contribution is 2.09. The average Bonchev–Trinajstić information content (AvgIpc) is 2.28. The van der Waals surface area contributed by atoms with E-state index in [1.165, 1.54) is 0 Å². The van der Waals surface area contributed by atoms with E-state index >= 15 is 0 Å². The highest BCUT2D eigenvalue weighted by Gasteiger charge is 2.06. The summed E-state index contributed by atoms with van der Waals surface area (Å²) >= 11 is 0. The number of nitrogens with one attached hydrogen (secondary N) is 1. The van der Waals surface area contributed by atoms with Crippen molar-refractivity contribution in [3.05, 3.63) is 36.0 Å². The first-order valence-electron chi connectivity index (χ1n) is 4.81. The maximum Gasteiger partial charge on any atom is 0.269 e. The van der Waals surface area contributed by atoms with Crippen molar-refractivity contribution in [3.8, 4) is 0 Å². The second kappa shape index (κ2) is 3.73. The summed E-state index contributed by atoms with van der Waals surface area (Å²) in [4.78, 5) is 15.7. The zero-order valence-corrected chi connectivity index (χ0v) is 8.74. The van der Waals surface area contributed by atoms with Crippen LogP contribution in [0.25, 0.3) is 10.9 Å². The molecule has 1 amide bonds. The first-order valence-corrected chi connectivity index (χ1v) is 4.81. The predicted octanol–water partition coefficient (Wildman–Crippen LogP) is -0.147. The summed E-state index contributed by atoms with van der Waals surface area (Å²) in [5.41, 5.74) is 2.43. The molecule has 0 radical (unpaired) electrons. The number of carbonyl (C=O) groups is 1. The number of carbonyl (C=O) groups excluding carboxylic acids is 1. The Bertz CT molecular complexity index is 525. The minimum Gasteiger partial charge on any atom is -0.354 e. The Labute approximate surface area is 88.9 Å². The van der Waals surface area contributed by atoms with E-state index in [4.69, 9.17) is 0 Å². The molecule has 0 unspecified atom stereocenters. The standard InChI is InChI=1S/C11H11BN2O/c1-13-11(15)9-6-5-7-3-2-4-8(12)10(7)14-9/h2-6H,12H2,1H3,(H,13,15). The van der Waals surface area contributed by atoms with Crippen molar-refractivity contribution in [1.82, 2.24) is 10.3 Å². The van der Waals surface area contributed by atoms with Gasteiger partial charge in [-0.15, -0.1) is 0 Å². The van der Waals surface area contributed by atoms with E-state index in [9.17, 15) is 4.79 Å². The molecule has 0 aliphatic rings. The lowest BCUT2D eigenvalue weighted by Gasteiger charge is -2.03. The summed E-state index contributed by atoms with van der Waals surface area (Å²) in [7, 11) is 3.59. The van der Waals surface area contributed by atoms with E-state index in [-0.39, 0.29) is 5.91 Å². The van der Waals surface area contributed by atoms with E-state index < -0.39 is 0 Å². The number of pyridine rings is 1. The number of para-hydroxylation sites is 1. The molecule has 0 aliphatic heterocycles. The highest BCUT2D eigenvalue weighted by atomic mass is 16.1. The van der Waals surface area contributed by atoms with E-state index in [0.717, 1.165) is 16.4 Å². The minimum absolute atomic E-state index is 0.153. The summed E-state index contributed by atoms with van der Waals surface area (Å²) in [5.74, 6) is -0.153. The van der Waals surface area contributed by atoms with Gasteiger partial charge in [0.25, 0.3) is 5.91 Å².